The van der Waals surface area contributed by atoms with Gasteiger partial charge in [0, 0.05) is 0 Å². The number of nitrogens with two attached hydrogens (primary N) is 1. The number of carbonyl (C=O) groups excluding carboxylic acids is 1. The molecule has 0 bridgehead atoms. The fourth-order valence-electron chi connectivity index (χ4n) is 1.02. The molecule has 10 heteroatoms. The Bertz CT molecular complexity index is 547. The van der Waals surface area contributed by atoms with Gasteiger partial charge in [-0.25, -0.2) is 4.79 Å². The fourth-order valence-corrected chi connectivity index (χ4v) is 1.89. The van der Waals surface area contributed by atoms with Crippen LogP contribution in [0.4, 0.5) is 13.2 Å². The van der Waals surface area contributed by atoms with Crippen LogP contribution in [0.25, 0.3) is 0 Å². The SMILES string of the molecule is NCC(=O)OS(=O)(=O)c1ccc(C(F)(F)F)cc1.[H-].[Na+]. The summed E-state index contributed by atoms with van der Waals surface area (Å²) >= 11 is 0. The Labute approximate surface area is 130 Å². The first-order valence-electron chi connectivity index (χ1n) is 4.51. The zero-order valence-electron chi connectivity index (χ0n) is 10.8. The van der Waals surface area contributed by atoms with Gasteiger partial charge in [0.15, 0.2) is 0 Å². The van der Waals surface area contributed by atoms with Gasteiger partial charge < -0.3 is 11.3 Å². The molecule has 1 rings (SSSR count). The van der Waals surface area contributed by atoms with Gasteiger partial charge in [0.2, 0.25) is 0 Å². The molecule has 0 aromatic heterocycles. The Balaban J connectivity index is 0. The molecule has 0 saturated carbocycles. The maximum Gasteiger partial charge on any atom is 1.00 e. The molecule has 102 valence electrons. The first-order chi connectivity index (χ1) is 8.16. The Kier molecular flexibility index (Phi) is 6.49. The monoisotopic (exact) mass is 307 g/mol. The number of hydrogen-bond donors (Lipinski definition) is 1. The second-order valence-corrected chi connectivity index (χ2v) is 4.68. The van der Waals surface area contributed by atoms with Gasteiger partial charge in [-0.1, -0.05) is 0 Å². The van der Waals surface area contributed by atoms with Crippen molar-refractivity contribution in [2.45, 2.75) is 11.1 Å². The number of halogens is 3. The van der Waals surface area contributed by atoms with E-state index in [1.54, 1.807) is 0 Å². The molecule has 1 aromatic carbocycles. The third-order valence-corrected chi connectivity index (χ3v) is 3.09. The van der Waals surface area contributed by atoms with E-state index >= 15 is 0 Å². The van der Waals surface area contributed by atoms with Crippen molar-refractivity contribution in [3.63, 3.8) is 0 Å². The molecule has 0 aliphatic rings. The van der Waals surface area contributed by atoms with E-state index in [9.17, 15) is 26.4 Å². The van der Waals surface area contributed by atoms with Crippen LogP contribution in [0, 0.1) is 0 Å². The van der Waals surface area contributed by atoms with Gasteiger partial charge in [-0.3, -0.25) is 0 Å². The van der Waals surface area contributed by atoms with Crippen LogP contribution >= 0.6 is 0 Å². The van der Waals surface area contributed by atoms with Crippen molar-refractivity contribution in [3.05, 3.63) is 29.8 Å². The predicted molar refractivity (Wildman–Crippen MR) is 54.9 cm³/mol. The first kappa shape index (κ1) is 18.4. The Morgan fingerprint density at radius 2 is 1.74 bits per heavy atom. The molecule has 19 heavy (non-hydrogen) atoms. The minimum Gasteiger partial charge on any atom is -1.00 e. The summed E-state index contributed by atoms with van der Waals surface area (Å²) in [7, 11) is -4.43. The standard InChI is InChI=1S/C9H8F3NO4S.Na.H/c10-9(11,12)6-1-3-7(4-2-6)18(15,16)17-8(14)5-13;;/h1-4H,5,13H2;;/q;+1;-1. The van der Waals surface area contributed by atoms with E-state index < -0.39 is 39.3 Å². The van der Waals surface area contributed by atoms with Crippen LogP contribution in [0.15, 0.2) is 29.2 Å². The molecule has 0 heterocycles. The number of hydrogen-bond acceptors (Lipinski definition) is 5. The maximum atomic E-state index is 12.2. The van der Waals surface area contributed by atoms with Crippen LogP contribution in [-0.4, -0.2) is 20.9 Å². The van der Waals surface area contributed by atoms with Crippen LogP contribution < -0.4 is 35.3 Å². The summed E-state index contributed by atoms with van der Waals surface area (Å²) in [5.41, 5.74) is 3.84. The van der Waals surface area contributed by atoms with Crippen LogP contribution in [0.2, 0.25) is 0 Å². The zero-order valence-corrected chi connectivity index (χ0v) is 12.6. The Morgan fingerprint density at radius 3 is 2.11 bits per heavy atom. The fraction of sp³-hybridized carbons (Fsp3) is 0.222. The summed E-state index contributed by atoms with van der Waals surface area (Å²) in [6, 6.07) is 2.54. The Morgan fingerprint density at radius 1 is 1.26 bits per heavy atom. The first-order valence-corrected chi connectivity index (χ1v) is 5.92. The predicted octanol–water partition coefficient (Wildman–Crippen LogP) is -1.99. The van der Waals surface area contributed by atoms with E-state index in [4.69, 9.17) is 5.73 Å². The Hall–Kier alpha value is -0.610. The molecule has 0 amide bonds. The van der Waals surface area contributed by atoms with Crippen molar-refractivity contribution >= 4 is 16.1 Å². The van der Waals surface area contributed by atoms with Gasteiger partial charge in [0.05, 0.1) is 12.1 Å². The molecule has 0 radical (unpaired) electrons. The van der Waals surface area contributed by atoms with Crippen molar-refractivity contribution < 1.29 is 61.6 Å². The van der Waals surface area contributed by atoms with Gasteiger partial charge in [-0.2, -0.15) is 21.6 Å². The van der Waals surface area contributed by atoms with E-state index in [0.717, 1.165) is 0 Å². The minimum absolute atomic E-state index is 0. The summed E-state index contributed by atoms with van der Waals surface area (Å²) in [6.45, 7) is -0.653. The minimum atomic E-state index is -4.57. The van der Waals surface area contributed by atoms with E-state index in [1.165, 1.54) is 0 Å². The molecule has 1 aromatic rings. The summed E-state index contributed by atoms with van der Waals surface area (Å²) in [5, 5.41) is 0. The zero-order chi connectivity index (χ0) is 14.0. The molecule has 0 atom stereocenters. The normalized spacial score (nSPS) is 11.6. The van der Waals surface area contributed by atoms with Crippen LogP contribution in [0.1, 0.15) is 6.99 Å². The van der Waals surface area contributed by atoms with Crippen LogP contribution in [-0.2, 0) is 25.3 Å². The third kappa shape index (κ3) is 5.11. The van der Waals surface area contributed by atoms with Gasteiger partial charge in [-0.05, 0) is 24.3 Å². The number of carbonyl (C=O) groups is 1. The largest absolute Gasteiger partial charge is 1.00 e. The van der Waals surface area contributed by atoms with Crippen molar-refractivity contribution in [1.82, 2.24) is 0 Å². The molecule has 0 unspecified atom stereocenters. The molecule has 0 aliphatic carbocycles. The van der Waals surface area contributed by atoms with Gasteiger partial charge in [-0.15, -0.1) is 0 Å². The molecular weight excluding hydrogens is 298 g/mol. The van der Waals surface area contributed by atoms with Crippen LogP contribution in [0.5, 0.6) is 0 Å². The maximum absolute atomic E-state index is 12.2. The van der Waals surface area contributed by atoms with E-state index in [1.807, 2.05) is 0 Å². The second kappa shape index (κ2) is 6.71. The van der Waals surface area contributed by atoms with Gasteiger partial charge >= 0.3 is 51.8 Å². The molecule has 2 N–H and O–H groups in total. The molecule has 0 spiro atoms. The summed E-state index contributed by atoms with van der Waals surface area (Å²) in [6.07, 6.45) is -4.57. The smallest absolute Gasteiger partial charge is 1.00 e. The molecule has 0 fully saturated rings. The molecular formula is C9H9F3NNaO4S. The molecule has 5 nitrogen and oxygen atoms in total. The molecule has 0 aliphatic heterocycles. The van der Waals surface area contributed by atoms with Gasteiger partial charge in [0.25, 0.3) is 0 Å². The van der Waals surface area contributed by atoms with E-state index in [2.05, 4.69) is 4.18 Å². The van der Waals surface area contributed by atoms with E-state index in [-0.39, 0.29) is 31.0 Å². The average Bonchev–Trinajstić information content (AvgIpc) is 2.27. The quantitative estimate of drug-likeness (QED) is 0.516. The van der Waals surface area contributed by atoms with Crippen molar-refractivity contribution in [3.8, 4) is 0 Å². The number of rotatable bonds is 3. The summed E-state index contributed by atoms with van der Waals surface area (Å²) < 4.78 is 63.5. The number of benzene rings is 1. The van der Waals surface area contributed by atoms with Gasteiger partial charge in [0.1, 0.15) is 4.90 Å². The van der Waals surface area contributed by atoms with Crippen molar-refractivity contribution in [2.24, 2.45) is 5.73 Å². The van der Waals surface area contributed by atoms with Crippen molar-refractivity contribution in [1.29, 1.82) is 0 Å². The summed E-state index contributed by atoms with van der Waals surface area (Å²) in [5.74, 6) is -1.20. The second-order valence-electron chi connectivity index (χ2n) is 3.14. The topological polar surface area (TPSA) is 86.5 Å². The third-order valence-electron chi connectivity index (χ3n) is 1.84. The molecule has 0 saturated heterocycles. The van der Waals surface area contributed by atoms with Crippen molar-refractivity contribution in [2.75, 3.05) is 6.54 Å². The van der Waals surface area contributed by atoms with Crippen LogP contribution in [0.3, 0.4) is 0 Å². The average molecular weight is 307 g/mol. The number of alkyl halides is 3. The van der Waals surface area contributed by atoms with E-state index in [0.29, 0.717) is 24.3 Å². The summed E-state index contributed by atoms with van der Waals surface area (Å²) in [4.78, 5) is 10.2.